The minimum Gasteiger partial charge on any atom is -0.484 e. The Bertz CT molecular complexity index is 704. The van der Waals surface area contributed by atoms with Gasteiger partial charge < -0.3 is 20.1 Å². The third-order valence-electron chi connectivity index (χ3n) is 3.53. The molecule has 2 rings (SSSR count). The van der Waals surface area contributed by atoms with Crippen LogP contribution >= 0.6 is 0 Å². The fourth-order valence-electron chi connectivity index (χ4n) is 2.31. The van der Waals surface area contributed by atoms with Gasteiger partial charge in [0.05, 0.1) is 6.61 Å². The molecule has 0 unspecified atom stereocenters. The van der Waals surface area contributed by atoms with Crippen LogP contribution in [-0.2, 0) is 16.1 Å². The van der Waals surface area contributed by atoms with Crippen LogP contribution in [0.1, 0.15) is 15.9 Å². The summed E-state index contributed by atoms with van der Waals surface area (Å²) in [5.74, 6) is -0.274. The smallest absolute Gasteiger partial charge is 0.255 e. The molecule has 0 aliphatic heterocycles. The molecule has 0 aliphatic rings. The largest absolute Gasteiger partial charge is 0.484 e. The van der Waals surface area contributed by atoms with Crippen LogP contribution in [0.5, 0.6) is 5.75 Å². The molecule has 0 atom stereocenters. The minimum absolute atomic E-state index is 0.134. The van der Waals surface area contributed by atoms with Crippen molar-refractivity contribution in [1.82, 2.24) is 4.90 Å². The Morgan fingerprint density at radius 3 is 2.52 bits per heavy atom. The number of primary amides is 1. The Kier molecular flexibility index (Phi) is 6.98. The van der Waals surface area contributed by atoms with E-state index in [-0.39, 0.29) is 12.5 Å². The number of hydrogen-bond donors (Lipinski definition) is 1. The Balaban J connectivity index is 2.14. The van der Waals surface area contributed by atoms with Gasteiger partial charge in [0.15, 0.2) is 6.61 Å². The second-order valence-corrected chi connectivity index (χ2v) is 5.49. The number of carbonyl (C=O) groups excluding carboxylic acids is 2. The molecular weight excluding hydrogens is 320 g/mol. The van der Waals surface area contributed by atoms with Gasteiger partial charge in [-0.1, -0.05) is 36.4 Å². The highest BCUT2D eigenvalue weighted by Crippen LogP contribution is 2.16. The van der Waals surface area contributed by atoms with Crippen LogP contribution in [0.4, 0.5) is 0 Å². The van der Waals surface area contributed by atoms with Crippen molar-refractivity contribution < 1.29 is 19.1 Å². The van der Waals surface area contributed by atoms with Gasteiger partial charge in [-0.15, -0.1) is 0 Å². The fourth-order valence-corrected chi connectivity index (χ4v) is 2.31. The predicted molar refractivity (Wildman–Crippen MR) is 94.2 cm³/mol. The maximum atomic E-state index is 12.9. The van der Waals surface area contributed by atoms with E-state index >= 15 is 0 Å². The summed E-state index contributed by atoms with van der Waals surface area (Å²) in [5.41, 5.74) is 6.59. The Hall–Kier alpha value is -2.86. The lowest BCUT2D eigenvalue weighted by Gasteiger charge is -2.23. The zero-order valence-electron chi connectivity index (χ0n) is 14.2. The molecule has 0 saturated carbocycles. The van der Waals surface area contributed by atoms with E-state index in [0.29, 0.717) is 31.0 Å². The summed E-state index contributed by atoms with van der Waals surface area (Å²) in [6, 6.07) is 16.5. The number of nitrogens with zero attached hydrogens (tertiary/aromatic N) is 1. The molecule has 0 aromatic heterocycles. The van der Waals surface area contributed by atoms with Crippen LogP contribution in [0.25, 0.3) is 0 Å². The second kappa shape index (κ2) is 9.44. The summed E-state index contributed by atoms with van der Waals surface area (Å²) < 4.78 is 10.4. The number of amides is 2. The number of benzene rings is 2. The number of rotatable bonds is 9. The number of nitrogens with two attached hydrogens (primary N) is 1. The van der Waals surface area contributed by atoms with Crippen LogP contribution in [0.3, 0.4) is 0 Å². The highest BCUT2D eigenvalue weighted by Gasteiger charge is 2.16. The van der Waals surface area contributed by atoms with Gasteiger partial charge >= 0.3 is 0 Å². The van der Waals surface area contributed by atoms with E-state index in [1.165, 1.54) is 0 Å². The van der Waals surface area contributed by atoms with Crippen molar-refractivity contribution in [3.05, 3.63) is 65.7 Å². The average molecular weight is 342 g/mol. The maximum absolute atomic E-state index is 12.9. The standard InChI is InChI=1S/C19H22N2O4/c1-24-11-10-21(13-15-6-3-2-4-7-15)19(23)16-8-5-9-17(12-16)25-14-18(20)22/h2-9,12H,10-11,13-14H2,1H3,(H2,20,22). The average Bonchev–Trinajstić information content (AvgIpc) is 2.64. The van der Waals surface area contributed by atoms with Crippen molar-refractivity contribution in [2.45, 2.75) is 6.54 Å². The highest BCUT2D eigenvalue weighted by molar-refractivity contribution is 5.94. The van der Waals surface area contributed by atoms with Gasteiger partial charge in [-0.3, -0.25) is 9.59 Å². The monoisotopic (exact) mass is 342 g/mol. The van der Waals surface area contributed by atoms with Gasteiger partial charge in [0, 0.05) is 25.8 Å². The summed E-state index contributed by atoms with van der Waals surface area (Å²) in [7, 11) is 1.60. The molecule has 0 radical (unpaired) electrons. The summed E-state index contributed by atoms with van der Waals surface area (Å²) in [6.07, 6.45) is 0. The van der Waals surface area contributed by atoms with Crippen molar-refractivity contribution in [3.8, 4) is 5.75 Å². The van der Waals surface area contributed by atoms with Crippen LogP contribution in [-0.4, -0.2) is 43.6 Å². The molecule has 2 aromatic rings. The van der Waals surface area contributed by atoms with Crippen molar-refractivity contribution >= 4 is 11.8 Å². The number of methoxy groups -OCH3 is 1. The third-order valence-corrected chi connectivity index (χ3v) is 3.53. The highest BCUT2D eigenvalue weighted by atomic mass is 16.5. The molecule has 0 saturated heterocycles. The Morgan fingerprint density at radius 1 is 1.08 bits per heavy atom. The lowest BCUT2D eigenvalue weighted by atomic mass is 10.1. The van der Waals surface area contributed by atoms with Crippen LogP contribution in [0, 0.1) is 0 Å². The van der Waals surface area contributed by atoms with Crippen molar-refractivity contribution in [2.75, 3.05) is 26.9 Å². The van der Waals surface area contributed by atoms with Crippen LogP contribution in [0.15, 0.2) is 54.6 Å². The lowest BCUT2D eigenvalue weighted by Crippen LogP contribution is -2.33. The van der Waals surface area contributed by atoms with E-state index in [2.05, 4.69) is 0 Å². The van der Waals surface area contributed by atoms with Crippen molar-refractivity contribution in [1.29, 1.82) is 0 Å². The molecule has 2 aromatic carbocycles. The first-order valence-electron chi connectivity index (χ1n) is 7.93. The summed E-state index contributed by atoms with van der Waals surface area (Å²) in [4.78, 5) is 25.4. The summed E-state index contributed by atoms with van der Waals surface area (Å²) in [6.45, 7) is 1.16. The third kappa shape index (κ3) is 5.93. The van der Waals surface area contributed by atoms with Gasteiger partial charge in [0.25, 0.3) is 11.8 Å². The first-order chi connectivity index (χ1) is 12.1. The Labute approximate surface area is 147 Å². The van der Waals surface area contributed by atoms with Gasteiger partial charge in [-0.05, 0) is 23.8 Å². The van der Waals surface area contributed by atoms with E-state index in [1.807, 2.05) is 30.3 Å². The van der Waals surface area contributed by atoms with Gasteiger partial charge in [0.2, 0.25) is 0 Å². The Morgan fingerprint density at radius 2 is 1.84 bits per heavy atom. The van der Waals surface area contributed by atoms with Crippen molar-refractivity contribution in [2.24, 2.45) is 5.73 Å². The molecule has 0 heterocycles. The molecular formula is C19H22N2O4. The number of ether oxygens (including phenoxy) is 2. The first kappa shape index (κ1) is 18.5. The molecule has 25 heavy (non-hydrogen) atoms. The summed E-state index contributed by atoms with van der Waals surface area (Å²) >= 11 is 0. The molecule has 0 spiro atoms. The van der Waals surface area contributed by atoms with Gasteiger partial charge in [-0.2, -0.15) is 0 Å². The molecule has 0 aliphatic carbocycles. The molecule has 2 amide bonds. The normalized spacial score (nSPS) is 10.3. The van der Waals surface area contributed by atoms with E-state index in [1.54, 1.807) is 36.3 Å². The lowest BCUT2D eigenvalue weighted by molar-refractivity contribution is -0.119. The molecule has 0 fully saturated rings. The molecule has 2 N–H and O–H groups in total. The predicted octanol–water partition coefficient (Wildman–Crippen LogP) is 1.84. The van der Waals surface area contributed by atoms with E-state index < -0.39 is 5.91 Å². The first-order valence-corrected chi connectivity index (χ1v) is 7.93. The van der Waals surface area contributed by atoms with Gasteiger partial charge in [-0.25, -0.2) is 0 Å². The SMILES string of the molecule is COCCN(Cc1ccccc1)C(=O)c1cccc(OCC(N)=O)c1. The van der Waals surface area contributed by atoms with Gasteiger partial charge in [0.1, 0.15) is 5.75 Å². The van der Waals surface area contributed by atoms with E-state index in [0.717, 1.165) is 5.56 Å². The van der Waals surface area contributed by atoms with E-state index in [4.69, 9.17) is 15.2 Å². The molecule has 132 valence electrons. The second-order valence-electron chi connectivity index (χ2n) is 5.49. The zero-order valence-corrected chi connectivity index (χ0v) is 14.2. The fraction of sp³-hybridized carbons (Fsp3) is 0.263. The minimum atomic E-state index is -0.567. The molecule has 6 heteroatoms. The quantitative estimate of drug-likeness (QED) is 0.754. The van der Waals surface area contributed by atoms with E-state index in [9.17, 15) is 9.59 Å². The number of carbonyl (C=O) groups is 2. The zero-order chi connectivity index (χ0) is 18.1. The molecule has 6 nitrogen and oxygen atoms in total. The maximum Gasteiger partial charge on any atom is 0.255 e. The summed E-state index contributed by atoms with van der Waals surface area (Å²) in [5, 5.41) is 0. The van der Waals surface area contributed by atoms with Crippen molar-refractivity contribution in [3.63, 3.8) is 0 Å². The van der Waals surface area contributed by atoms with Crippen LogP contribution in [0.2, 0.25) is 0 Å². The van der Waals surface area contributed by atoms with Crippen LogP contribution < -0.4 is 10.5 Å². The number of hydrogen-bond acceptors (Lipinski definition) is 4. The molecule has 0 bridgehead atoms. The topological polar surface area (TPSA) is 81.9 Å².